The summed E-state index contributed by atoms with van der Waals surface area (Å²) in [7, 11) is 0. The summed E-state index contributed by atoms with van der Waals surface area (Å²) in [6.07, 6.45) is 13.0. The number of hydrogen-bond donors (Lipinski definition) is 0. The molecule has 0 radical (unpaired) electrons. The Labute approximate surface area is 209 Å². The SMILES string of the molecule is BrCC1CC1.CCOC(=O)C(C#N)c1cnc(C)nc1.Cc1ncc(C(C#N)CC2CC2)cn1. The molecule has 2 aromatic heterocycles. The number of hydrogen-bond acceptors (Lipinski definition) is 8. The largest absolute Gasteiger partial charge is 0.465 e. The minimum Gasteiger partial charge on any atom is -0.465 e. The van der Waals surface area contributed by atoms with Gasteiger partial charge < -0.3 is 4.74 Å². The van der Waals surface area contributed by atoms with E-state index >= 15 is 0 Å². The smallest absolute Gasteiger partial charge is 0.328 e. The second kappa shape index (κ2) is 14.4. The van der Waals surface area contributed by atoms with Gasteiger partial charge in [-0.2, -0.15) is 10.5 Å². The monoisotopic (exact) mass is 526 g/mol. The van der Waals surface area contributed by atoms with Gasteiger partial charge in [0.25, 0.3) is 0 Å². The van der Waals surface area contributed by atoms with E-state index in [4.69, 9.17) is 15.3 Å². The average molecular weight is 527 g/mol. The molecular weight excluding hydrogens is 496 g/mol. The van der Waals surface area contributed by atoms with Crippen molar-refractivity contribution >= 4 is 21.9 Å². The summed E-state index contributed by atoms with van der Waals surface area (Å²) < 4.78 is 4.76. The van der Waals surface area contributed by atoms with Crippen molar-refractivity contribution in [3.63, 3.8) is 0 Å². The summed E-state index contributed by atoms with van der Waals surface area (Å²) in [4.78, 5) is 27.4. The number of ether oxygens (including phenoxy) is 1. The highest BCUT2D eigenvalue weighted by Crippen LogP contribution is 2.38. The first kappa shape index (κ1) is 27.3. The molecule has 8 nitrogen and oxygen atoms in total. The minimum atomic E-state index is -0.939. The molecule has 0 spiro atoms. The molecule has 0 saturated heterocycles. The molecule has 0 amide bonds. The normalized spacial score (nSPS) is 15.7. The lowest BCUT2D eigenvalue weighted by Gasteiger charge is -2.07. The van der Waals surface area contributed by atoms with Crippen LogP contribution in [0.3, 0.4) is 0 Å². The maximum absolute atomic E-state index is 11.4. The fourth-order valence-corrected chi connectivity index (χ4v) is 3.49. The van der Waals surface area contributed by atoms with Gasteiger partial charge in [0.05, 0.1) is 24.7 Å². The molecule has 2 heterocycles. The highest BCUT2D eigenvalue weighted by atomic mass is 79.9. The quantitative estimate of drug-likeness (QED) is 0.366. The van der Waals surface area contributed by atoms with Crippen LogP contribution in [0, 0.1) is 48.3 Å². The molecule has 34 heavy (non-hydrogen) atoms. The van der Waals surface area contributed by atoms with Crippen LogP contribution in [-0.4, -0.2) is 37.8 Å². The number of rotatable bonds is 7. The molecule has 2 aromatic rings. The van der Waals surface area contributed by atoms with Crippen molar-refractivity contribution in [3.8, 4) is 12.1 Å². The average Bonchev–Trinajstić information content (AvgIpc) is 3.76. The fraction of sp³-hybridized carbons (Fsp3) is 0.560. The Morgan fingerprint density at radius 3 is 1.82 bits per heavy atom. The Morgan fingerprint density at radius 2 is 1.47 bits per heavy atom. The standard InChI is InChI=1S/C11H13N3.C10H11N3O2.C4H7Br/c1-8-13-6-11(7-14-8)10(5-12)4-9-2-3-9;1-3-15-10(14)9(4-11)8-5-12-7(2)13-6-8;5-3-4-1-2-4/h6-7,9-10H,2-4H2,1H3;5-6,9H,3H2,1-2H3;4H,1-3H2. The van der Waals surface area contributed by atoms with Crippen molar-refractivity contribution in [1.82, 2.24) is 19.9 Å². The van der Waals surface area contributed by atoms with Gasteiger partial charge in [-0.15, -0.1) is 0 Å². The number of aryl methyl sites for hydroxylation is 2. The Kier molecular flexibility index (Phi) is 11.6. The topological polar surface area (TPSA) is 125 Å². The van der Waals surface area contributed by atoms with Crippen LogP contribution >= 0.6 is 15.9 Å². The van der Waals surface area contributed by atoms with Gasteiger partial charge in [-0.3, -0.25) is 4.79 Å². The molecule has 2 aliphatic carbocycles. The molecule has 180 valence electrons. The van der Waals surface area contributed by atoms with Gasteiger partial charge in [0, 0.05) is 41.2 Å². The van der Waals surface area contributed by atoms with E-state index in [-0.39, 0.29) is 12.5 Å². The van der Waals surface area contributed by atoms with Crippen molar-refractivity contribution < 1.29 is 9.53 Å². The summed E-state index contributed by atoms with van der Waals surface area (Å²) in [5, 5.41) is 19.1. The van der Waals surface area contributed by atoms with Crippen LogP contribution in [-0.2, 0) is 9.53 Å². The zero-order chi connectivity index (χ0) is 24.9. The van der Waals surface area contributed by atoms with E-state index in [0.717, 1.165) is 29.6 Å². The molecule has 2 fully saturated rings. The summed E-state index contributed by atoms with van der Waals surface area (Å²) in [6.45, 7) is 5.53. The lowest BCUT2D eigenvalue weighted by molar-refractivity contribution is -0.143. The van der Waals surface area contributed by atoms with E-state index in [0.29, 0.717) is 11.4 Å². The predicted octanol–water partition coefficient (Wildman–Crippen LogP) is 4.94. The van der Waals surface area contributed by atoms with Crippen molar-refractivity contribution in [2.24, 2.45) is 11.8 Å². The van der Waals surface area contributed by atoms with Crippen LogP contribution in [0.4, 0.5) is 0 Å². The molecule has 2 saturated carbocycles. The fourth-order valence-electron chi connectivity index (χ4n) is 2.85. The second-order valence-electron chi connectivity index (χ2n) is 8.40. The van der Waals surface area contributed by atoms with Crippen LogP contribution < -0.4 is 0 Å². The van der Waals surface area contributed by atoms with Gasteiger partial charge in [-0.25, -0.2) is 19.9 Å². The van der Waals surface area contributed by atoms with Crippen LogP contribution in [0.25, 0.3) is 0 Å². The Bertz CT molecular complexity index is 976. The molecular formula is C25H31BrN6O2. The van der Waals surface area contributed by atoms with E-state index in [1.165, 1.54) is 43.4 Å². The van der Waals surface area contributed by atoms with E-state index in [2.05, 4.69) is 41.9 Å². The van der Waals surface area contributed by atoms with Crippen LogP contribution in [0.5, 0.6) is 0 Å². The molecule has 0 aromatic carbocycles. The van der Waals surface area contributed by atoms with Crippen LogP contribution in [0.1, 0.15) is 73.6 Å². The first-order chi connectivity index (χ1) is 16.4. The molecule has 0 N–H and O–H groups in total. The Morgan fingerprint density at radius 1 is 0.971 bits per heavy atom. The lowest BCUT2D eigenvalue weighted by atomic mass is 9.97. The predicted molar refractivity (Wildman–Crippen MR) is 131 cm³/mol. The van der Waals surface area contributed by atoms with E-state index in [9.17, 15) is 4.79 Å². The summed E-state index contributed by atoms with van der Waals surface area (Å²) in [6, 6.07) is 4.20. The third-order valence-electron chi connectivity index (χ3n) is 5.33. The van der Waals surface area contributed by atoms with E-state index in [1.807, 2.05) is 13.0 Å². The number of aromatic nitrogens is 4. The zero-order valence-electron chi connectivity index (χ0n) is 19.9. The van der Waals surface area contributed by atoms with E-state index in [1.54, 1.807) is 26.2 Å². The number of esters is 1. The van der Waals surface area contributed by atoms with Gasteiger partial charge in [0.15, 0.2) is 5.92 Å². The highest BCUT2D eigenvalue weighted by Gasteiger charge is 2.26. The number of halogens is 1. The first-order valence-corrected chi connectivity index (χ1v) is 12.6. The molecule has 2 unspecified atom stereocenters. The molecule has 2 aliphatic rings. The molecule has 0 aliphatic heterocycles. The molecule has 4 rings (SSSR count). The third kappa shape index (κ3) is 9.93. The Balaban J connectivity index is 0.000000200. The number of nitriles is 2. The molecule has 2 atom stereocenters. The minimum absolute atomic E-state index is 0.0110. The number of carbonyl (C=O) groups excluding carboxylic acids is 1. The number of nitrogens with zero attached hydrogens (tertiary/aromatic N) is 6. The molecule has 9 heteroatoms. The summed E-state index contributed by atoms with van der Waals surface area (Å²) >= 11 is 3.38. The first-order valence-electron chi connectivity index (χ1n) is 11.5. The van der Waals surface area contributed by atoms with Gasteiger partial charge in [-0.05, 0) is 51.9 Å². The number of carbonyl (C=O) groups is 1. The van der Waals surface area contributed by atoms with Gasteiger partial charge in [0.1, 0.15) is 11.6 Å². The van der Waals surface area contributed by atoms with Gasteiger partial charge in [0.2, 0.25) is 0 Å². The van der Waals surface area contributed by atoms with Crippen molar-refractivity contribution in [2.75, 3.05) is 11.9 Å². The van der Waals surface area contributed by atoms with Gasteiger partial charge in [-0.1, -0.05) is 28.8 Å². The Hall–Kier alpha value is -2.91. The van der Waals surface area contributed by atoms with Crippen LogP contribution in [0.15, 0.2) is 24.8 Å². The van der Waals surface area contributed by atoms with Crippen molar-refractivity contribution in [3.05, 3.63) is 47.6 Å². The molecule has 0 bridgehead atoms. The summed E-state index contributed by atoms with van der Waals surface area (Å²) in [5.74, 6) is 1.66. The number of alkyl halides is 1. The maximum Gasteiger partial charge on any atom is 0.328 e. The highest BCUT2D eigenvalue weighted by molar-refractivity contribution is 9.09. The second-order valence-corrected chi connectivity index (χ2v) is 9.05. The zero-order valence-corrected chi connectivity index (χ0v) is 21.5. The maximum atomic E-state index is 11.4. The third-order valence-corrected chi connectivity index (χ3v) is 6.24. The van der Waals surface area contributed by atoms with Crippen LogP contribution in [0.2, 0.25) is 0 Å². The van der Waals surface area contributed by atoms with E-state index < -0.39 is 11.9 Å². The van der Waals surface area contributed by atoms with Gasteiger partial charge >= 0.3 is 5.97 Å². The van der Waals surface area contributed by atoms with Crippen molar-refractivity contribution in [2.45, 2.75) is 64.7 Å². The lowest BCUT2D eigenvalue weighted by Crippen LogP contribution is -2.15. The summed E-state index contributed by atoms with van der Waals surface area (Å²) in [5.41, 5.74) is 1.42. The van der Waals surface area contributed by atoms with Crippen molar-refractivity contribution in [1.29, 1.82) is 10.5 Å².